The Morgan fingerprint density at radius 1 is 1.12 bits per heavy atom. The number of hydrogen-bond acceptors (Lipinski definition) is 3. The van der Waals surface area contributed by atoms with Gasteiger partial charge < -0.3 is 5.32 Å². The summed E-state index contributed by atoms with van der Waals surface area (Å²) in [6, 6.07) is 15.0. The van der Waals surface area contributed by atoms with Gasteiger partial charge in [-0.2, -0.15) is 5.10 Å². The van der Waals surface area contributed by atoms with Crippen LogP contribution in [0.25, 0.3) is 10.9 Å². The number of carbonyl (C=O) groups excluding carboxylic acids is 1. The van der Waals surface area contributed by atoms with E-state index in [0.717, 1.165) is 16.6 Å². The van der Waals surface area contributed by atoms with E-state index in [1.807, 2.05) is 50.2 Å². The Kier molecular flexibility index (Phi) is 4.42. The number of nitrogens with zero attached hydrogens (tertiary/aromatic N) is 2. The minimum atomic E-state index is -0.448. The second-order valence-electron chi connectivity index (χ2n) is 5.62. The van der Waals surface area contributed by atoms with Crippen LogP contribution in [-0.2, 0) is 13.1 Å². The van der Waals surface area contributed by atoms with Crippen LogP contribution in [0.15, 0.2) is 53.3 Å². The molecule has 1 aromatic heterocycles. The van der Waals surface area contributed by atoms with E-state index in [-0.39, 0.29) is 11.1 Å². The monoisotopic (exact) mass is 321 g/mol. The van der Waals surface area contributed by atoms with E-state index in [4.69, 9.17) is 0 Å². The highest BCUT2D eigenvalue weighted by atomic mass is 16.2. The third kappa shape index (κ3) is 2.93. The molecule has 0 aliphatic heterocycles. The molecule has 0 bridgehead atoms. The second-order valence-corrected chi connectivity index (χ2v) is 5.62. The van der Waals surface area contributed by atoms with Gasteiger partial charge in [0, 0.05) is 18.5 Å². The summed E-state index contributed by atoms with van der Waals surface area (Å²) in [5.41, 5.74) is 2.44. The molecule has 0 spiro atoms. The highest BCUT2D eigenvalue weighted by Crippen LogP contribution is 2.10. The van der Waals surface area contributed by atoms with Crippen molar-refractivity contribution in [2.24, 2.45) is 0 Å². The quantitative estimate of drug-likeness (QED) is 0.803. The fraction of sp³-hybridized carbons (Fsp3) is 0.211. The summed E-state index contributed by atoms with van der Waals surface area (Å²) in [5.74, 6) is -0.448. The van der Waals surface area contributed by atoms with Crippen molar-refractivity contribution in [2.45, 2.75) is 26.9 Å². The predicted molar refractivity (Wildman–Crippen MR) is 94.0 cm³/mol. The average molecular weight is 321 g/mol. The summed E-state index contributed by atoms with van der Waals surface area (Å²) in [5, 5.41) is 7.55. The van der Waals surface area contributed by atoms with Crippen LogP contribution in [0.1, 0.15) is 28.5 Å². The molecule has 0 saturated heterocycles. The van der Waals surface area contributed by atoms with Gasteiger partial charge in [-0.25, -0.2) is 0 Å². The summed E-state index contributed by atoms with van der Waals surface area (Å²) in [6.45, 7) is 4.86. The number of hydrogen-bond donors (Lipinski definition) is 1. The molecule has 1 amide bonds. The van der Waals surface area contributed by atoms with Crippen LogP contribution in [0.5, 0.6) is 0 Å². The molecule has 0 fully saturated rings. The van der Waals surface area contributed by atoms with Crippen LogP contribution in [0.2, 0.25) is 0 Å². The molecule has 24 heavy (non-hydrogen) atoms. The van der Waals surface area contributed by atoms with Crippen molar-refractivity contribution >= 4 is 16.8 Å². The first kappa shape index (κ1) is 15.9. The first-order chi connectivity index (χ1) is 11.6. The smallest absolute Gasteiger partial charge is 0.276 e. The van der Waals surface area contributed by atoms with Gasteiger partial charge in [-0.15, -0.1) is 0 Å². The molecule has 0 unspecified atom stereocenters. The largest absolute Gasteiger partial charge is 0.346 e. The zero-order valence-electron chi connectivity index (χ0n) is 13.7. The van der Waals surface area contributed by atoms with Gasteiger partial charge in [0.2, 0.25) is 5.43 Å². The summed E-state index contributed by atoms with van der Waals surface area (Å²) in [4.78, 5) is 25.1. The predicted octanol–water partition coefficient (Wildman–Crippen LogP) is 2.65. The zero-order chi connectivity index (χ0) is 17.1. The van der Waals surface area contributed by atoms with Gasteiger partial charge in [0.1, 0.15) is 0 Å². The molecule has 0 saturated carbocycles. The van der Waals surface area contributed by atoms with Crippen molar-refractivity contribution in [2.75, 3.05) is 0 Å². The lowest BCUT2D eigenvalue weighted by molar-refractivity contribution is 0.0942. The maximum atomic E-state index is 12.6. The van der Waals surface area contributed by atoms with Gasteiger partial charge in [-0.1, -0.05) is 36.4 Å². The molecular formula is C19H19N3O2. The maximum absolute atomic E-state index is 12.6. The first-order valence-electron chi connectivity index (χ1n) is 7.94. The lowest BCUT2D eigenvalue weighted by atomic mass is 10.1. The molecule has 0 atom stereocenters. The van der Waals surface area contributed by atoms with E-state index in [0.29, 0.717) is 18.5 Å². The van der Waals surface area contributed by atoms with Crippen LogP contribution in [0, 0.1) is 6.92 Å². The molecule has 0 radical (unpaired) electrons. The van der Waals surface area contributed by atoms with Crippen LogP contribution in [0.4, 0.5) is 0 Å². The minimum Gasteiger partial charge on any atom is -0.346 e. The fourth-order valence-corrected chi connectivity index (χ4v) is 2.70. The molecule has 1 heterocycles. The summed E-state index contributed by atoms with van der Waals surface area (Å²) in [7, 11) is 0. The normalized spacial score (nSPS) is 10.8. The Labute approximate surface area is 139 Å². The number of benzene rings is 2. The summed E-state index contributed by atoms with van der Waals surface area (Å²) >= 11 is 0. The minimum absolute atomic E-state index is 0.0656. The van der Waals surface area contributed by atoms with Gasteiger partial charge in [-0.05, 0) is 37.1 Å². The van der Waals surface area contributed by atoms with Gasteiger partial charge in [0.05, 0.1) is 5.52 Å². The summed E-state index contributed by atoms with van der Waals surface area (Å²) < 4.78 is 1.68. The number of nitrogens with one attached hydrogen (secondary N) is 1. The number of carbonyl (C=O) groups is 1. The molecule has 5 heteroatoms. The highest BCUT2D eigenvalue weighted by Gasteiger charge is 2.16. The Hall–Kier alpha value is -2.95. The van der Waals surface area contributed by atoms with E-state index in [9.17, 15) is 9.59 Å². The number of amides is 1. The van der Waals surface area contributed by atoms with Crippen LogP contribution in [-0.4, -0.2) is 15.7 Å². The number of aromatic nitrogens is 2. The molecule has 1 N–H and O–H groups in total. The topological polar surface area (TPSA) is 64.0 Å². The second kappa shape index (κ2) is 6.66. The molecular weight excluding hydrogens is 302 g/mol. The molecule has 0 aliphatic rings. The average Bonchev–Trinajstić information content (AvgIpc) is 2.61. The third-order valence-electron chi connectivity index (χ3n) is 4.08. The Morgan fingerprint density at radius 3 is 2.58 bits per heavy atom. The highest BCUT2D eigenvalue weighted by molar-refractivity contribution is 5.95. The van der Waals surface area contributed by atoms with Gasteiger partial charge in [0.15, 0.2) is 5.69 Å². The van der Waals surface area contributed by atoms with Crippen LogP contribution in [0.3, 0.4) is 0 Å². The lowest BCUT2D eigenvalue weighted by Gasteiger charge is -2.11. The number of fused-ring (bicyclic) bond motifs is 1. The molecule has 3 rings (SSSR count). The van der Waals surface area contributed by atoms with Crippen LogP contribution >= 0.6 is 0 Å². The first-order valence-corrected chi connectivity index (χ1v) is 7.94. The van der Waals surface area contributed by atoms with E-state index < -0.39 is 5.91 Å². The SMILES string of the molecule is CCn1nc(C(=O)NCc2ccccc2C)c(=O)c2ccccc21. The third-order valence-corrected chi connectivity index (χ3v) is 4.08. The number of aryl methyl sites for hydroxylation is 2. The molecule has 3 aromatic rings. The van der Waals surface area contributed by atoms with Crippen LogP contribution < -0.4 is 10.7 Å². The van der Waals surface area contributed by atoms with Crippen molar-refractivity contribution in [3.63, 3.8) is 0 Å². The Bertz CT molecular complexity index is 960. The number of rotatable bonds is 4. The van der Waals surface area contributed by atoms with E-state index in [1.165, 1.54) is 0 Å². The molecule has 5 nitrogen and oxygen atoms in total. The Balaban J connectivity index is 1.94. The van der Waals surface area contributed by atoms with E-state index in [1.54, 1.807) is 16.8 Å². The van der Waals surface area contributed by atoms with E-state index in [2.05, 4.69) is 10.4 Å². The van der Waals surface area contributed by atoms with Crippen molar-refractivity contribution in [1.29, 1.82) is 0 Å². The lowest BCUT2D eigenvalue weighted by Crippen LogP contribution is -2.31. The summed E-state index contributed by atoms with van der Waals surface area (Å²) in [6.07, 6.45) is 0. The maximum Gasteiger partial charge on any atom is 0.276 e. The van der Waals surface area contributed by atoms with Gasteiger partial charge in [-0.3, -0.25) is 14.3 Å². The van der Waals surface area contributed by atoms with Gasteiger partial charge in [0.25, 0.3) is 5.91 Å². The zero-order valence-corrected chi connectivity index (χ0v) is 13.7. The van der Waals surface area contributed by atoms with Crippen molar-refractivity contribution in [1.82, 2.24) is 15.1 Å². The molecule has 2 aromatic carbocycles. The fourth-order valence-electron chi connectivity index (χ4n) is 2.70. The number of para-hydroxylation sites is 1. The molecule has 0 aliphatic carbocycles. The van der Waals surface area contributed by atoms with E-state index >= 15 is 0 Å². The Morgan fingerprint density at radius 2 is 1.83 bits per heavy atom. The van der Waals surface area contributed by atoms with Gasteiger partial charge >= 0.3 is 0 Å². The van der Waals surface area contributed by atoms with Crippen molar-refractivity contribution in [3.05, 3.63) is 75.6 Å². The standard InChI is InChI=1S/C19H19N3O2/c1-3-22-16-11-7-6-10-15(16)18(23)17(21-22)19(24)20-12-14-9-5-4-8-13(14)2/h4-11H,3,12H2,1-2H3,(H,20,24). The van der Waals surface area contributed by atoms with Crippen molar-refractivity contribution in [3.8, 4) is 0 Å². The molecule has 122 valence electrons. The van der Waals surface area contributed by atoms with Crippen molar-refractivity contribution < 1.29 is 4.79 Å².